The highest BCUT2D eigenvalue weighted by Crippen LogP contribution is 2.27. The summed E-state index contributed by atoms with van der Waals surface area (Å²) in [6.45, 7) is 1.76. The lowest BCUT2D eigenvalue weighted by Gasteiger charge is -2.34. The van der Waals surface area contributed by atoms with Crippen molar-refractivity contribution < 1.29 is 4.79 Å². The highest BCUT2D eigenvalue weighted by molar-refractivity contribution is 5.75. The van der Waals surface area contributed by atoms with E-state index in [4.69, 9.17) is 0 Å². The monoisotopic (exact) mass is 314 g/mol. The fraction of sp³-hybridized carbons (Fsp3) is 0.650. The van der Waals surface area contributed by atoms with Crippen molar-refractivity contribution in [2.45, 2.75) is 64.0 Å². The van der Waals surface area contributed by atoms with Crippen molar-refractivity contribution in [1.82, 2.24) is 10.2 Å². The Labute approximate surface area is 140 Å². The molecule has 1 amide bonds. The molecule has 1 N–H and O–H groups in total. The van der Waals surface area contributed by atoms with Crippen molar-refractivity contribution in [3.8, 4) is 0 Å². The van der Waals surface area contributed by atoms with Gasteiger partial charge < -0.3 is 5.32 Å². The fourth-order valence-corrected chi connectivity index (χ4v) is 4.08. The van der Waals surface area contributed by atoms with Gasteiger partial charge in [-0.3, -0.25) is 9.69 Å². The third kappa shape index (κ3) is 4.57. The van der Waals surface area contributed by atoms with Crippen molar-refractivity contribution in [2.24, 2.45) is 5.92 Å². The van der Waals surface area contributed by atoms with Crippen LogP contribution in [-0.4, -0.2) is 30.4 Å². The van der Waals surface area contributed by atoms with Crippen molar-refractivity contribution in [2.75, 3.05) is 13.6 Å². The van der Waals surface area contributed by atoms with Gasteiger partial charge in [-0.05, 0) is 36.9 Å². The minimum Gasteiger partial charge on any atom is -0.355 e. The number of carbonyl (C=O) groups is 1. The summed E-state index contributed by atoms with van der Waals surface area (Å²) in [7, 11) is 2.16. The number of hydrogen-bond acceptors (Lipinski definition) is 2. The summed E-state index contributed by atoms with van der Waals surface area (Å²) in [6.07, 6.45) is 9.59. The Bertz CT molecular complexity index is 522. The van der Waals surface area contributed by atoms with E-state index < -0.39 is 0 Å². The van der Waals surface area contributed by atoms with Crippen molar-refractivity contribution in [1.29, 1.82) is 0 Å². The molecule has 3 rings (SSSR count). The first-order chi connectivity index (χ1) is 11.2. The van der Waals surface area contributed by atoms with E-state index in [-0.39, 0.29) is 5.91 Å². The van der Waals surface area contributed by atoms with Gasteiger partial charge in [0.1, 0.15) is 0 Å². The first-order valence-corrected chi connectivity index (χ1v) is 9.26. The van der Waals surface area contributed by atoms with Crippen LogP contribution in [0, 0.1) is 5.92 Å². The van der Waals surface area contributed by atoms with Crippen LogP contribution in [0.5, 0.6) is 0 Å². The molecule has 0 unspecified atom stereocenters. The van der Waals surface area contributed by atoms with Gasteiger partial charge in [0.2, 0.25) is 5.91 Å². The summed E-state index contributed by atoms with van der Waals surface area (Å²) in [5.41, 5.74) is 2.86. The van der Waals surface area contributed by atoms with Gasteiger partial charge in [-0.15, -0.1) is 0 Å². The Morgan fingerprint density at radius 1 is 1.17 bits per heavy atom. The number of fused-ring (bicyclic) bond motifs is 1. The highest BCUT2D eigenvalue weighted by Gasteiger charge is 2.23. The van der Waals surface area contributed by atoms with Gasteiger partial charge in [-0.2, -0.15) is 0 Å². The lowest BCUT2D eigenvalue weighted by Crippen LogP contribution is -2.45. The number of likely N-dealkylation sites (N-methyl/N-ethyl adjacent to an activating group) is 1. The van der Waals surface area contributed by atoms with Crippen LogP contribution in [0.1, 0.15) is 56.1 Å². The summed E-state index contributed by atoms with van der Waals surface area (Å²) in [5, 5.41) is 3.17. The molecule has 0 radical (unpaired) electrons. The number of hydrogen-bond donors (Lipinski definition) is 1. The van der Waals surface area contributed by atoms with E-state index in [1.165, 1.54) is 43.2 Å². The van der Waals surface area contributed by atoms with Crippen molar-refractivity contribution >= 4 is 5.91 Å². The van der Waals surface area contributed by atoms with E-state index in [2.05, 4.69) is 41.5 Å². The van der Waals surface area contributed by atoms with Gasteiger partial charge in [0, 0.05) is 25.6 Å². The fourth-order valence-electron chi connectivity index (χ4n) is 4.08. The zero-order valence-electron chi connectivity index (χ0n) is 14.4. The predicted molar refractivity (Wildman–Crippen MR) is 94.2 cm³/mol. The lowest BCUT2D eigenvalue weighted by atomic mass is 9.86. The number of nitrogens with zero attached hydrogens (tertiary/aromatic N) is 1. The molecular weight excluding hydrogens is 284 g/mol. The maximum Gasteiger partial charge on any atom is 0.220 e. The molecule has 0 spiro atoms. The molecule has 3 nitrogen and oxygen atoms in total. The first kappa shape index (κ1) is 16.5. The van der Waals surface area contributed by atoms with Gasteiger partial charge in [-0.1, -0.05) is 56.4 Å². The molecule has 126 valence electrons. The standard InChI is InChI=1S/C20H30N2O/c1-22-15-18-10-6-5-9-17(18)13-19(22)14-21-20(23)12-11-16-7-3-2-4-8-16/h5-6,9-10,16,19H,2-4,7-8,11-15H2,1H3,(H,21,23)/t19-/m0/s1. The molecule has 0 saturated heterocycles. The van der Waals surface area contributed by atoms with Crippen LogP contribution < -0.4 is 5.32 Å². The van der Waals surface area contributed by atoms with Gasteiger partial charge in [0.25, 0.3) is 0 Å². The van der Waals surface area contributed by atoms with Crippen LogP contribution >= 0.6 is 0 Å². The average Bonchev–Trinajstić information content (AvgIpc) is 2.59. The molecule has 1 aromatic rings. The van der Waals surface area contributed by atoms with Crippen molar-refractivity contribution in [3.05, 3.63) is 35.4 Å². The van der Waals surface area contributed by atoms with Crippen LogP contribution in [0.4, 0.5) is 0 Å². The molecule has 1 heterocycles. The minimum absolute atomic E-state index is 0.239. The quantitative estimate of drug-likeness (QED) is 0.902. The predicted octanol–water partition coefficient (Wildman–Crippen LogP) is 3.52. The van der Waals surface area contributed by atoms with E-state index in [9.17, 15) is 4.79 Å². The van der Waals surface area contributed by atoms with E-state index >= 15 is 0 Å². The van der Waals surface area contributed by atoms with Gasteiger partial charge in [0.05, 0.1) is 0 Å². The minimum atomic E-state index is 0.239. The number of amides is 1. The van der Waals surface area contributed by atoms with Crippen LogP contribution in [-0.2, 0) is 17.8 Å². The Morgan fingerprint density at radius 3 is 2.70 bits per heavy atom. The summed E-state index contributed by atoms with van der Waals surface area (Å²) in [4.78, 5) is 14.5. The molecular formula is C20H30N2O. The second-order valence-electron chi connectivity index (χ2n) is 7.39. The zero-order chi connectivity index (χ0) is 16.1. The molecule has 1 aromatic carbocycles. The number of rotatable bonds is 5. The van der Waals surface area contributed by atoms with Crippen LogP contribution in [0.15, 0.2) is 24.3 Å². The number of nitrogens with one attached hydrogen (secondary N) is 1. The highest BCUT2D eigenvalue weighted by atomic mass is 16.1. The Morgan fingerprint density at radius 2 is 1.91 bits per heavy atom. The Hall–Kier alpha value is -1.35. The number of benzene rings is 1. The second-order valence-corrected chi connectivity index (χ2v) is 7.39. The second kappa shape index (κ2) is 7.96. The molecule has 1 aliphatic carbocycles. The molecule has 1 fully saturated rings. The van der Waals surface area contributed by atoms with E-state index in [1.54, 1.807) is 0 Å². The Balaban J connectivity index is 1.42. The van der Waals surface area contributed by atoms with Gasteiger partial charge in [-0.25, -0.2) is 0 Å². The van der Waals surface area contributed by atoms with Gasteiger partial charge in [0.15, 0.2) is 0 Å². The molecule has 3 heteroatoms. The lowest BCUT2D eigenvalue weighted by molar-refractivity contribution is -0.121. The smallest absolute Gasteiger partial charge is 0.220 e. The van der Waals surface area contributed by atoms with E-state index in [0.29, 0.717) is 12.5 Å². The molecule has 0 bridgehead atoms. The van der Waals surface area contributed by atoms with Crippen LogP contribution in [0.25, 0.3) is 0 Å². The maximum atomic E-state index is 12.2. The Kier molecular flexibility index (Phi) is 5.71. The largest absolute Gasteiger partial charge is 0.355 e. The molecule has 0 aromatic heterocycles. The number of carbonyl (C=O) groups excluding carboxylic acids is 1. The SMILES string of the molecule is CN1Cc2ccccc2C[C@H]1CNC(=O)CCC1CCCCC1. The average molecular weight is 314 g/mol. The first-order valence-electron chi connectivity index (χ1n) is 9.26. The molecule has 23 heavy (non-hydrogen) atoms. The summed E-state index contributed by atoms with van der Waals surface area (Å²) >= 11 is 0. The molecule has 1 saturated carbocycles. The van der Waals surface area contributed by atoms with Crippen LogP contribution in [0.2, 0.25) is 0 Å². The zero-order valence-corrected chi connectivity index (χ0v) is 14.4. The summed E-state index contributed by atoms with van der Waals surface area (Å²) < 4.78 is 0. The summed E-state index contributed by atoms with van der Waals surface area (Å²) in [5.74, 6) is 1.03. The van der Waals surface area contributed by atoms with E-state index in [1.807, 2.05) is 0 Å². The maximum absolute atomic E-state index is 12.2. The topological polar surface area (TPSA) is 32.3 Å². The van der Waals surface area contributed by atoms with E-state index in [0.717, 1.165) is 31.8 Å². The molecule has 1 atom stereocenters. The van der Waals surface area contributed by atoms with Crippen molar-refractivity contribution in [3.63, 3.8) is 0 Å². The van der Waals surface area contributed by atoms with Crippen LogP contribution in [0.3, 0.4) is 0 Å². The van der Waals surface area contributed by atoms with Gasteiger partial charge >= 0.3 is 0 Å². The molecule has 1 aliphatic heterocycles. The third-order valence-electron chi connectivity index (χ3n) is 5.66. The normalized spacial score (nSPS) is 22.6. The summed E-state index contributed by atoms with van der Waals surface area (Å²) in [6, 6.07) is 9.08. The third-order valence-corrected chi connectivity index (χ3v) is 5.66. The molecule has 2 aliphatic rings.